The second kappa shape index (κ2) is 4.21. The minimum Gasteiger partial charge on any atom is -0.369 e. The fraction of sp³-hybridized carbons (Fsp3) is 0.231. The number of nitrogens with one attached hydrogen (secondary N) is 3. The summed E-state index contributed by atoms with van der Waals surface area (Å²) in [6.45, 7) is 0.0663. The number of fused-ring (bicyclic) bond motifs is 1. The molecular weight excluding hydrogens is 274 g/mol. The van der Waals surface area contributed by atoms with E-state index in [1.165, 1.54) is 0 Å². The van der Waals surface area contributed by atoms with Crippen molar-refractivity contribution in [3.8, 4) is 6.07 Å². The molecule has 0 bridgehead atoms. The van der Waals surface area contributed by atoms with Crippen LogP contribution in [-0.4, -0.2) is 37.0 Å². The molecule has 0 saturated carbocycles. The Morgan fingerprint density at radius 3 is 2.52 bits per heavy atom. The molecule has 4 amide bonds. The van der Waals surface area contributed by atoms with Crippen LogP contribution in [0.2, 0.25) is 0 Å². The molecule has 2 heterocycles. The maximum absolute atomic E-state index is 12.2. The number of hydrogen-bond donors (Lipinski definition) is 3. The number of urea groups is 1. The minimum absolute atomic E-state index is 0.0663. The summed E-state index contributed by atoms with van der Waals surface area (Å²) in [7, 11) is 1.73. The van der Waals surface area contributed by atoms with Crippen LogP contribution in [0.3, 0.4) is 0 Å². The van der Waals surface area contributed by atoms with Gasteiger partial charge in [0.1, 0.15) is 0 Å². The van der Waals surface area contributed by atoms with Gasteiger partial charge in [-0.05, 0) is 18.2 Å². The molecule has 0 radical (unpaired) electrons. The maximum atomic E-state index is 12.2. The van der Waals surface area contributed by atoms with E-state index in [1.54, 1.807) is 30.1 Å². The Balaban J connectivity index is 2.08. The Hall–Kier alpha value is -3.08. The zero-order chi connectivity index (χ0) is 15.2. The lowest BCUT2D eigenvalue weighted by Crippen LogP contribution is -2.74. The van der Waals surface area contributed by atoms with Crippen molar-refractivity contribution in [2.45, 2.75) is 5.54 Å². The quantitative estimate of drug-likeness (QED) is 0.555. The molecule has 1 saturated heterocycles. The van der Waals surface area contributed by atoms with E-state index in [2.05, 4.69) is 16.0 Å². The molecule has 2 aliphatic heterocycles. The first kappa shape index (κ1) is 12.9. The van der Waals surface area contributed by atoms with Gasteiger partial charge < -0.3 is 10.2 Å². The number of carbonyl (C=O) groups is 3. The molecule has 1 fully saturated rings. The van der Waals surface area contributed by atoms with Crippen molar-refractivity contribution >= 4 is 29.2 Å². The van der Waals surface area contributed by atoms with Crippen LogP contribution in [0.4, 0.5) is 16.2 Å². The fourth-order valence-corrected chi connectivity index (χ4v) is 2.56. The summed E-state index contributed by atoms with van der Waals surface area (Å²) in [6, 6.07) is 6.11. The van der Waals surface area contributed by atoms with Gasteiger partial charge in [0.25, 0.3) is 11.8 Å². The molecule has 0 atom stereocenters. The average molecular weight is 285 g/mol. The third kappa shape index (κ3) is 1.79. The van der Waals surface area contributed by atoms with Crippen molar-refractivity contribution in [1.29, 1.82) is 5.26 Å². The number of nitrogens with zero attached hydrogens (tertiary/aromatic N) is 2. The molecule has 0 aliphatic carbocycles. The standard InChI is InChI=1S/C13H11N5O3/c1-18-6-13(10(19)15-12(21)16-11(13)20)17-8-4-7(5-14)2-3-9(8)18/h2-4,17H,6H2,1H3,(H2,15,16,19,20,21). The SMILES string of the molecule is CN1CC2(Nc3cc(C#N)ccc31)C(=O)NC(=O)NC2=O. The molecule has 106 valence electrons. The monoisotopic (exact) mass is 285 g/mol. The van der Waals surface area contributed by atoms with E-state index in [4.69, 9.17) is 5.26 Å². The van der Waals surface area contributed by atoms with Crippen LogP contribution in [-0.2, 0) is 9.59 Å². The van der Waals surface area contributed by atoms with Crippen LogP contribution in [0.5, 0.6) is 0 Å². The Kier molecular flexibility index (Phi) is 2.59. The average Bonchev–Trinajstić information content (AvgIpc) is 2.44. The number of hydrogen-bond acceptors (Lipinski definition) is 6. The zero-order valence-corrected chi connectivity index (χ0v) is 11.1. The first-order valence-corrected chi connectivity index (χ1v) is 6.16. The lowest BCUT2D eigenvalue weighted by molar-refractivity contribution is -0.136. The number of imide groups is 2. The Morgan fingerprint density at radius 2 is 1.90 bits per heavy atom. The van der Waals surface area contributed by atoms with Gasteiger partial charge in [0, 0.05) is 7.05 Å². The molecule has 8 heteroatoms. The molecule has 1 spiro atoms. The van der Waals surface area contributed by atoms with Crippen molar-refractivity contribution < 1.29 is 14.4 Å². The van der Waals surface area contributed by atoms with Gasteiger partial charge >= 0.3 is 6.03 Å². The highest BCUT2D eigenvalue weighted by Crippen LogP contribution is 2.35. The highest BCUT2D eigenvalue weighted by Gasteiger charge is 2.53. The van der Waals surface area contributed by atoms with E-state index in [0.29, 0.717) is 11.3 Å². The molecule has 8 nitrogen and oxygen atoms in total. The van der Waals surface area contributed by atoms with Gasteiger partial charge in [-0.15, -0.1) is 0 Å². The fourth-order valence-electron chi connectivity index (χ4n) is 2.56. The minimum atomic E-state index is -1.59. The first-order valence-electron chi connectivity index (χ1n) is 6.16. The maximum Gasteiger partial charge on any atom is 0.328 e. The third-order valence-electron chi connectivity index (χ3n) is 3.59. The second-order valence-corrected chi connectivity index (χ2v) is 4.97. The summed E-state index contributed by atoms with van der Waals surface area (Å²) < 4.78 is 0. The molecular formula is C13H11N5O3. The zero-order valence-electron chi connectivity index (χ0n) is 11.1. The van der Waals surface area contributed by atoms with Crippen LogP contribution in [0, 0.1) is 11.3 Å². The number of carbonyl (C=O) groups excluding carboxylic acids is 3. The summed E-state index contributed by atoms with van der Waals surface area (Å²) >= 11 is 0. The predicted octanol–water partition coefficient (Wildman–Crippen LogP) is -0.475. The van der Waals surface area contributed by atoms with Gasteiger partial charge in [-0.25, -0.2) is 4.79 Å². The van der Waals surface area contributed by atoms with Crippen LogP contribution in [0.15, 0.2) is 18.2 Å². The second-order valence-electron chi connectivity index (χ2n) is 4.97. The van der Waals surface area contributed by atoms with Crippen molar-refractivity contribution in [3.63, 3.8) is 0 Å². The first-order chi connectivity index (χ1) is 9.96. The Labute approximate surface area is 119 Å². The summed E-state index contributed by atoms with van der Waals surface area (Å²) in [5, 5.41) is 16.0. The molecule has 1 aromatic rings. The topological polar surface area (TPSA) is 114 Å². The molecule has 21 heavy (non-hydrogen) atoms. The highest BCUT2D eigenvalue weighted by atomic mass is 16.2. The van der Waals surface area contributed by atoms with Crippen LogP contribution in [0.25, 0.3) is 0 Å². The number of likely N-dealkylation sites (N-methyl/N-ethyl adjacent to an activating group) is 1. The number of barbiturate groups is 1. The number of rotatable bonds is 0. The van der Waals surface area contributed by atoms with E-state index < -0.39 is 23.4 Å². The largest absolute Gasteiger partial charge is 0.369 e. The summed E-state index contributed by atoms with van der Waals surface area (Å²) in [6.07, 6.45) is 0. The molecule has 3 rings (SSSR count). The van der Waals surface area contributed by atoms with E-state index in [-0.39, 0.29) is 6.54 Å². The Bertz CT molecular complexity index is 701. The molecule has 0 aromatic heterocycles. The molecule has 0 unspecified atom stereocenters. The normalized spacial score (nSPS) is 19.2. The van der Waals surface area contributed by atoms with Crippen LogP contribution in [0.1, 0.15) is 5.56 Å². The van der Waals surface area contributed by atoms with Crippen LogP contribution < -0.4 is 20.9 Å². The van der Waals surface area contributed by atoms with Gasteiger partial charge in [-0.3, -0.25) is 20.2 Å². The smallest absolute Gasteiger partial charge is 0.328 e. The van der Waals surface area contributed by atoms with E-state index in [1.807, 2.05) is 6.07 Å². The summed E-state index contributed by atoms with van der Waals surface area (Å²) in [5.74, 6) is -1.42. The van der Waals surface area contributed by atoms with Crippen molar-refractivity contribution in [2.24, 2.45) is 0 Å². The van der Waals surface area contributed by atoms with Gasteiger partial charge in [0.2, 0.25) is 5.54 Å². The lowest BCUT2D eigenvalue weighted by Gasteiger charge is -2.43. The van der Waals surface area contributed by atoms with E-state index in [0.717, 1.165) is 5.69 Å². The van der Waals surface area contributed by atoms with E-state index >= 15 is 0 Å². The molecule has 3 N–H and O–H groups in total. The highest BCUT2D eigenvalue weighted by molar-refractivity contribution is 6.25. The Morgan fingerprint density at radius 1 is 1.24 bits per heavy atom. The third-order valence-corrected chi connectivity index (χ3v) is 3.59. The van der Waals surface area contributed by atoms with E-state index in [9.17, 15) is 14.4 Å². The molecule has 2 aliphatic rings. The predicted molar refractivity (Wildman–Crippen MR) is 72.5 cm³/mol. The lowest BCUT2D eigenvalue weighted by atomic mass is 9.91. The van der Waals surface area contributed by atoms with Crippen molar-refractivity contribution in [1.82, 2.24) is 10.6 Å². The number of anilines is 2. The van der Waals surface area contributed by atoms with Gasteiger partial charge in [0.15, 0.2) is 0 Å². The van der Waals surface area contributed by atoms with Gasteiger partial charge in [-0.1, -0.05) is 0 Å². The summed E-state index contributed by atoms with van der Waals surface area (Å²) in [4.78, 5) is 37.2. The van der Waals surface area contributed by atoms with Crippen molar-refractivity contribution in [2.75, 3.05) is 23.8 Å². The molecule has 1 aromatic carbocycles. The number of amides is 4. The summed E-state index contributed by atoms with van der Waals surface area (Å²) in [5.41, 5.74) is 0.0583. The van der Waals surface area contributed by atoms with Gasteiger partial charge in [-0.2, -0.15) is 5.26 Å². The van der Waals surface area contributed by atoms with Crippen molar-refractivity contribution in [3.05, 3.63) is 23.8 Å². The van der Waals surface area contributed by atoms with Crippen LogP contribution >= 0.6 is 0 Å². The number of benzene rings is 1. The van der Waals surface area contributed by atoms with Gasteiger partial charge in [0.05, 0.1) is 29.6 Å². The number of nitriles is 1.